The summed E-state index contributed by atoms with van der Waals surface area (Å²) < 4.78 is 1.71. The maximum absolute atomic E-state index is 11.0. The van der Waals surface area contributed by atoms with Crippen LogP contribution in [0.5, 0.6) is 0 Å². The molecule has 2 rings (SSSR count). The molecule has 0 aliphatic heterocycles. The van der Waals surface area contributed by atoms with E-state index >= 15 is 0 Å². The first kappa shape index (κ1) is 9.71. The summed E-state index contributed by atoms with van der Waals surface area (Å²) >= 11 is 1.19. The molecule has 1 aromatic heterocycles. The van der Waals surface area contributed by atoms with Crippen molar-refractivity contribution in [3.05, 3.63) is 14.5 Å². The Hall–Kier alpha value is -0.840. The van der Waals surface area contributed by atoms with E-state index in [1.807, 2.05) is 7.05 Å². The van der Waals surface area contributed by atoms with Crippen LogP contribution in [0.1, 0.15) is 32.1 Å². The summed E-state index contributed by atoms with van der Waals surface area (Å²) in [5, 5.41) is 2.68. The topological polar surface area (TPSA) is 50.1 Å². The second-order valence-corrected chi connectivity index (χ2v) is 4.70. The molecule has 0 spiro atoms. The van der Waals surface area contributed by atoms with Gasteiger partial charge in [-0.15, -0.1) is 0 Å². The van der Waals surface area contributed by atoms with Gasteiger partial charge in [0.05, 0.1) is 6.04 Å². The number of hydrogen-bond acceptors (Lipinski definition) is 3. The molecule has 1 aliphatic rings. The number of H-pyrrole nitrogens is 1. The van der Waals surface area contributed by atoms with Crippen molar-refractivity contribution in [3.8, 4) is 0 Å². The van der Waals surface area contributed by atoms with Crippen LogP contribution in [-0.2, 0) is 7.05 Å². The van der Waals surface area contributed by atoms with E-state index in [0.29, 0.717) is 6.04 Å². The van der Waals surface area contributed by atoms with Gasteiger partial charge in [-0.3, -0.25) is 19.6 Å². The molecule has 0 atom stereocenters. The second kappa shape index (κ2) is 4.13. The van der Waals surface area contributed by atoms with Crippen LogP contribution in [-0.4, -0.2) is 15.8 Å². The van der Waals surface area contributed by atoms with Crippen molar-refractivity contribution in [2.45, 2.75) is 38.1 Å². The highest BCUT2D eigenvalue weighted by Gasteiger charge is 2.11. The molecular formula is C9H15N3OS. The van der Waals surface area contributed by atoms with Crippen molar-refractivity contribution < 1.29 is 0 Å². The van der Waals surface area contributed by atoms with Gasteiger partial charge in [-0.05, 0) is 24.2 Å². The van der Waals surface area contributed by atoms with Crippen LogP contribution in [0.3, 0.4) is 0 Å². The van der Waals surface area contributed by atoms with Crippen molar-refractivity contribution in [2.24, 2.45) is 12.0 Å². The van der Waals surface area contributed by atoms with E-state index in [1.54, 1.807) is 4.68 Å². The predicted molar refractivity (Wildman–Crippen MR) is 56.3 cm³/mol. The second-order valence-electron chi connectivity index (χ2n) is 3.76. The summed E-state index contributed by atoms with van der Waals surface area (Å²) in [4.78, 5) is 16.4. The van der Waals surface area contributed by atoms with Gasteiger partial charge in [0, 0.05) is 7.05 Å². The zero-order valence-electron chi connectivity index (χ0n) is 8.32. The molecular weight excluding hydrogens is 198 g/mol. The zero-order valence-corrected chi connectivity index (χ0v) is 9.14. The van der Waals surface area contributed by atoms with Crippen molar-refractivity contribution in [2.75, 3.05) is 0 Å². The number of hydrogen-bond donors (Lipinski definition) is 1. The maximum atomic E-state index is 11.0. The first-order chi connectivity index (χ1) is 6.75. The highest BCUT2D eigenvalue weighted by molar-refractivity contribution is 7.06. The third kappa shape index (κ3) is 2.15. The van der Waals surface area contributed by atoms with Crippen LogP contribution >= 0.6 is 11.3 Å². The van der Waals surface area contributed by atoms with Crippen molar-refractivity contribution in [1.29, 1.82) is 0 Å². The number of nitrogens with zero attached hydrogens (tertiary/aromatic N) is 2. The van der Waals surface area contributed by atoms with Crippen molar-refractivity contribution >= 4 is 11.3 Å². The Morgan fingerprint density at radius 3 is 2.71 bits per heavy atom. The molecule has 1 heterocycles. The van der Waals surface area contributed by atoms with Gasteiger partial charge in [-0.25, -0.2) is 0 Å². The van der Waals surface area contributed by atoms with Crippen molar-refractivity contribution in [1.82, 2.24) is 9.78 Å². The Balaban J connectivity index is 2.24. The minimum absolute atomic E-state index is 0.0259. The SMILES string of the molecule is Cn1[nH]c(=O)sc1=NC1CCCCC1. The van der Waals surface area contributed by atoms with E-state index in [9.17, 15) is 4.79 Å². The molecule has 5 heteroatoms. The molecule has 0 aromatic carbocycles. The lowest BCUT2D eigenvalue weighted by atomic mass is 9.96. The van der Waals surface area contributed by atoms with E-state index in [2.05, 4.69) is 10.1 Å². The van der Waals surface area contributed by atoms with Gasteiger partial charge >= 0.3 is 4.87 Å². The molecule has 1 aliphatic carbocycles. The van der Waals surface area contributed by atoms with Crippen LogP contribution in [0, 0.1) is 0 Å². The Kier molecular flexibility index (Phi) is 2.86. The average Bonchev–Trinajstić information content (AvgIpc) is 2.47. The van der Waals surface area contributed by atoms with Crippen molar-refractivity contribution in [3.63, 3.8) is 0 Å². The minimum Gasteiger partial charge on any atom is -0.262 e. The third-order valence-electron chi connectivity index (χ3n) is 2.60. The third-order valence-corrected chi connectivity index (χ3v) is 3.44. The molecule has 0 bridgehead atoms. The molecule has 14 heavy (non-hydrogen) atoms. The van der Waals surface area contributed by atoms with E-state index in [-0.39, 0.29) is 4.87 Å². The quantitative estimate of drug-likeness (QED) is 0.743. The maximum Gasteiger partial charge on any atom is 0.322 e. The monoisotopic (exact) mass is 213 g/mol. The molecule has 0 amide bonds. The Labute approximate surface area is 86.3 Å². The molecule has 1 saturated carbocycles. The molecule has 4 nitrogen and oxygen atoms in total. The summed E-state index contributed by atoms with van der Waals surface area (Å²) in [6, 6.07) is 0.432. The predicted octanol–water partition coefficient (Wildman–Crippen LogP) is 1.01. The van der Waals surface area contributed by atoms with Gasteiger partial charge < -0.3 is 0 Å². The number of nitrogens with one attached hydrogen (secondary N) is 1. The number of rotatable bonds is 1. The first-order valence-electron chi connectivity index (χ1n) is 5.06. The molecule has 0 saturated heterocycles. The van der Waals surface area contributed by atoms with Gasteiger partial charge in [0.1, 0.15) is 0 Å². The average molecular weight is 213 g/mol. The van der Waals surface area contributed by atoms with Crippen LogP contribution in [0.25, 0.3) is 0 Å². The zero-order chi connectivity index (χ0) is 9.97. The van der Waals surface area contributed by atoms with E-state index in [0.717, 1.165) is 4.80 Å². The fourth-order valence-corrected chi connectivity index (χ4v) is 2.57. The largest absolute Gasteiger partial charge is 0.322 e. The van der Waals surface area contributed by atoms with Gasteiger partial charge in [0.15, 0.2) is 0 Å². The van der Waals surface area contributed by atoms with Gasteiger partial charge in [0.2, 0.25) is 4.80 Å². The molecule has 1 aromatic rings. The fourth-order valence-electron chi connectivity index (χ4n) is 1.84. The standard InChI is InChI=1S/C9H15N3OS/c1-12-8(14-9(13)11-12)10-7-5-3-2-4-6-7/h7H,2-6H2,1H3,(H,11,13). The molecule has 0 radical (unpaired) electrons. The highest BCUT2D eigenvalue weighted by atomic mass is 32.1. The minimum atomic E-state index is -0.0259. The summed E-state index contributed by atoms with van der Waals surface area (Å²) in [6.45, 7) is 0. The Morgan fingerprint density at radius 1 is 1.43 bits per heavy atom. The number of aryl methyl sites for hydroxylation is 1. The summed E-state index contributed by atoms with van der Waals surface area (Å²) in [7, 11) is 1.83. The molecule has 78 valence electrons. The van der Waals surface area contributed by atoms with Crippen LogP contribution < -0.4 is 9.67 Å². The smallest absolute Gasteiger partial charge is 0.262 e. The summed E-state index contributed by atoms with van der Waals surface area (Å²) in [5.74, 6) is 0. The lowest BCUT2D eigenvalue weighted by Gasteiger charge is -2.16. The van der Waals surface area contributed by atoms with E-state index < -0.39 is 0 Å². The number of aromatic amines is 1. The molecule has 1 N–H and O–H groups in total. The van der Waals surface area contributed by atoms with Crippen LogP contribution in [0.4, 0.5) is 0 Å². The van der Waals surface area contributed by atoms with E-state index in [4.69, 9.17) is 0 Å². The first-order valence-corrected chi connectivity index (χ1v) is 5.87. The lowest BCUT2D eigenvalue weighted by molar-refractivity contribution is 0.434. The highest BCUT2D eigenvalue weighted by Crippen LogP contribution is 2.19. The summed E-state index contributed by atoms with van der Waals surface area (Å²) in [5.41, 5.74) is 0. The molecule has 1 fully saturated rings. The van der Waals surface area contributed by atoms with E-state index in [1.165, 1.54) is 43.4 Å². The molecule has 0 unspecified atom stereocenters. The van der Waals surface area contributed by atoms with Gasteiger partial charge in [0.25, 0.3) is 0 Å². The van der Waals surface area contributed by atoms with Gasteiger partial charge in [-0.2, -0.15) is 0 Å². The Morgan fingerprint density at radius 2 is 2.14 bits per heavy atom. The number of aromatic nitrogens is 2. The normalized spacial score (nSPS) is 20.2. The Bertz CT molecular complexity index is 408. The van der Waals surface area contributed by atoms with Crippen LogP contribution in [0.2, 0.25) is 0 Å². The van der Waals surface area contributed by atoms with Crippen LogP contribution in [0.15, 0.2) is 9.79 Å². The summed E-state index contributed by atoms with van der Waals surface area (Å²) in [6.07, 6.45) is 6.23. The lowest BCUT2D eigenvalue weighted by Crippen LogP contribution is -2.18. The fraction of sp³-hybridized carbons (Fsp3) is 0.778. The van der Waals surface area contributed by atoms with Gasteiger partial charge in [-0.1, -0.05) is 19.3 Å².